The van der Waals surface area contributed by atoms with E-state index >= 15 is 0 Å². The maximum Gasteiger partial charge on any atom is 0.115 e. The average molecular weight is 901 g/mol. The van der Waals surface area contributed by atoms with Gasteiger partial charge in [0.1, 0.15) is 5.69 Å². The fourth-order valence-corrected chi connectivity index (χ4v) is 8.37. The van der Waals surface area contributed by atoms with Crippen molar-refractivity contribution in [2.75, 3.05) is 0 Å². The third-order valence-corrected chi connectivity index (χ3v) is 11.6. The fourth-order valence-electron chi connectivity index (χ4n) is 8.37. The van der Waals surface area contributed by atoms with Crippen LogP contribution in [0.1, 0.15) is 72.9 Å². The molecule has 0 saturated heterocycles. The molecule has 9 aromatic rings. The first-order valence-electron chi connectivity index (χ1n) is 21.3. The third-order valence-electron chi connectivity index (χ3n) is 11.6. The van der Waals surface area contributed by atoms with Gasteiger partial charge in [-0.3, -0.25) is 29.9 Å². The average Bonchev–Trinajstić information content (AvgIpc) is 3.87. The van der Waals surface area contributed by atoms with Gasteiger partial charge in [-0.1, -0.05) is 73.4 Å². The van der Waals surface area contributed by atoms with E-state index in [0.29, 0.717) is 11.8 Å². The first-order chi connectivity index (χ1) is 31.8. The van der Waals surface area contributed by atoms with Crippen molar-refractivity contribution < 1.29 is 16.8 Å². The number of hydrogen-bond acceptors (Lipinski definition) is 8. The quantitative estimate of drug-likeness (QED) is 0.157. The number of terminal acetylenes is 2. The molecule has 0 amide bonds. The topological polar surface area (TPSA) is 108 Å². The van der Waals surface area contributed by atoms with Gasteiger partial charge in [0, 0.05) is 88.0 Å². The van der Waals surface area contributed by atoms with Crippen LogP contribution in [0.5, 0.6) is 0 Å². The fraction of sp³-hybridized carbons (Fsp3) is 0.107. The molecular formula is C56H43CoN9. The second-order valence-electron chi connectivity index (χ2n) is 15.9. The molecule has 66 heavy (non-hydrogen) atoms. The first-order valence-corrected chi connectivity index (χ1v) is 21.3. The summed E-state index contributed by atoms with van der Waals surface area (Å²) in [5, 5.41) is 11.9. The number of rotatable bonds is 5. The van der Waals surface area contributed by atoms with Crippen LogP contribution in [-0.4, -0.2) is 44.9 Å². The molecule has 7 heterocycles. The molecule has 11 rings (SSSR count). The number of pyridine rings is 6. The number of nitrogens with zero attached hydrogens (tertiary/aromatic N) is 9. The summed E-state index contributed by atoms with van der Waals surface area (Å²) in [6.07, 6.45) is 27.7. The Balaban J connectivity index is 0.000000167. The molecular weight excluding hydrogens is 858 g/mol. The van der Waals surface area contributed by atoms with Crippen LogP contribution in [0.4, 0.5) is 0 Å². The first kappa shape index (κ1) is 44.5. The minimum atomic E-state index is 0. The maximum absolute atomic E-state index is 5.23. The Kier molecular flexibility index (Phi) is 13.3. The van der Waals surface area contributed by atoms with Gasteiger partial charge in [-0.05, 0) is 131 Å². The molecule has 0 bridgehead atoms. The van der Waals surface area contributed by atoms with E-state index in [4.69, 9.17) is 12.8 Å². The van der Waals surface area contributed by atoms with Crippen LogP contribution in [0.2, 0.25) is 0 Å². The predicted molar refractivity (Wildman–Crippen MR) is 260 cm³/mol. The molecule has 0 N–H and O–H groups in total. The number of aromatic nitrogens is 9. The molecule has 2 atom stereocenters. The predicted octanol–water partition coefficient (Wildman–Crippen LogP) is 11.8. The summed E-state index contributed by atoms with van der Waals surface area (Å²) in [5.41, 5.74) is 17.5. The summed E-state index contributed by atoms with van der Waals surface area (Å²) < 4.78 is 1.94. The zero-order valence-electron chi connectivity index (χ0n) is 36.8. The van der Waals surface area contributed by atoms with Crippen molar-refractivity contribution in [3.8, 4) is 75.8 Å². The van der Waals surface area contributed by atoms with Crippen molar-refractivity contribution in [2.24, 2.45) is 0 Å². The minimum absolute atomic E-state index is 0. The summed E-state index contributed by atoms with van der Waals surface area (Å²) >= 11 is 0. The van der Waals surface area contributed by atoms with Crippen molar-refractivity contribution in [1.29, 1.82) is 0 Å². The van der Waals surface area contributed by atoms with Crippen LogP contribution in [0, 0.1) is 24.7 Å². The molecule has 1 radical (unpaired) electrons. The van der Waals surface area contributed by atoms with Crippen LogP contribution >= 0.6 is 0 Å². The van der Waals surface area contributed by atoms with Gasteiger partial charge in [-0.15, -0.1) is 17.9 Å². The maximum atomic E-state index is 5.23. The van der Waals surface area contributed by atoms with Crippen LogP contribution in [0.15, 0.2) is 165 Å². The van der Waals surface area contributed by atoms with E-state index in [9.17, 15) is 0 Å². The van der Waals surface area contributed by atoms with Gasteiger partial charge < -0.3 is 0 Å². The molecule has 7 aromatic heterocycles. The van der Waals surface area contributed by atoms with Crippen molar-refractivity contribution >= 4 is 21.9 Å². The number of benzene rings is 2. The van der Waals surface area contributed by atoms with E-state index in [2.05, 4.69) is 110 Å². The second-order valence-corrected chi connectivity index (χ2v) is 15.9. The molecule has 0 saturated carbocycles. The Hall–Kier alpha value is -8.15. The van der Waals surface area contributed by atoms with Gasteiger partial charge in [0.15, 0.2) is 0 Å². The Morgan fingerprint density at radius 1 is 0.515 bits per heavy atom. The van der Waals surface area contributed by atoms with Crippen LogP contribution in [0.3, 0.4) is 0 Å². The van der Waals surface area contributed by atoms with Gasteiger partial charge in [-0.25, -0.2) is 4.68 Å². The smallest absolute Gasteiger partial charge is 0.115 e. The molecule has 0 aliphatic heterocycles. The second kappa shape index (κ2) is 19.7. The van der Waals surface area contributed by atoms with Crippen LogP contribution in [0.25, 0.3) is 73.0 Å². The Bertz CT molecular complexity index is 3200. The van der Waals surface area contributed by atoms with E-state index in [1.807, 2.05) is 108 Å². The monoisotopic (exact) mass is 900 g/mol. The molecule has 321 valence electrons. The van der Waals surface area contributed by atoms with Gasteiger partial charge in [0.2, 0.25) is 0 Å². The molecule has 2 unspecified atom stereocenters. The normalized spacial score (nSPS) is 14.1. The van der Waals surface area contributed by atoms with E-state index in [-0.39, 0.29) is 16.8 Å². The number of allylic oxidation sites excluding steroid dienone is 4. The Morgan fingerprint density at radius 2 is 1.03 bits per heavy atom. The van der Waals surface area contributed by atoms with Gasteiger partial charge in [0.05, 0.1) is 46.0 Å². The van der Waals surface area contributed by atoms with Crippen molar-refractivity contribution in [1.82, 2.24) is 44.9 Å². The molecule has 0 fully saturated rings. The largest absolute Gasteiger partial charge is 0.255 e. The standard InChI is InChI=1S/C32H27N5.2C12H8N2.Co/c1-18-13-20(3)25-15-29(30-21(4)14-19(2)24-10-9-23(18)31(25)32(24)30)37-17-28(35-36-37)22-8-11-27(34-16-22)26-7-5-6-12-33-26;2*1-2-10-6-7-12(14-9-10)11-5-3-4-8-13-11;/h5-17,19-20H,1-4H3;2*1,3-9H;. The summed E-state index contributed by atoms with van der Waals surface area (Å²) in [4.78, 5) is 25.8. The number of hydrogen-bond donors (Lipinski definition) is 0. The zero-order valence-corrected chi connectivity index (χ0v) is 37.8. The van der Waals surface area contributed by atoms with Crippen molar-refractivity contribution in [3.05, 3.63) is 198 Å². The Labute approximate surface area is 395 Å². The van der Waals surface area contributed by atoms with Crippen molar-refractivity contribution in [2.45, 2.75) is 39.5 Å². The third kappa shape index (κ3) is 9.10. The van der Waals surface area contributed by atoms with Crippen LogP contribution < -0.4 is 0 Å². The molecule has 2 aliphatic rings. The van der Waals surface area contributed by atoms with E-state index < -0.39 is 0 Å². The summed E-state index contributed by atoms with van der Waals surface area (Å²) in [6, 6.07) is 35.7. The van der Waals surface area contributed by atoms with E-state index in [1.54, 1.807) is 31.0 Å². The minimum Gasteiger partial charge on any atom is -0.255 e. The molecule has 10 heteroatoms. The van der Waals surface area contributed by atoms with E-state index in [1.165, 1.54) is 44.2 Å². The van der Waals surface area contributed by atoms with Gasteiger partial charge in [-0.2, -0.15) is 0 Å². The van der Waals surface area contributed by atoms with Crippen LogP contribution in [-0.2, 0) is 16.8 Å². The van der Waals surface area contributed by atoms with Crippen molar-refractivity contribution in [3.63, 3.8) is 0 Å². The summed E-state index contributed by atoms with van der Waals surface area (Å²) in [6.45, 7) is 9.04. The van der Waals surface area contributed by atoms with Gasteiger partial charge >= 0.3 is 0 Å². The molecule has 2 aliphatic carbocycles. The molecule has 0 spiro atoms. The van der Waals surface area contributed by atoms with Gasteiger partial charge in [0.25, 0.3) is 0 Å². The summed E-state index contributed by atoms with van der Waals surface area (Å²) in [5.74, 6) is 5.76. The summed E-state index contributed by atoms with van der Waals surface area (Å²) in [7, 11) is 0. The Morgan fingerprint density at radius 3 is 1.52 bits per heavy atom. The van der Waals surface area contributed by atoms with E-state index in [0.717, 1.165) is 62.2 Å². The zero-order chi connectivity index (χ0) is 44.9. The SMILES string of the molecule is C#Cc1ccc(-c2ccccn2)nc1.C#Cc1ccc(-c2ccccn2)nc1.CC1=CC(C)c2cc(-n3cc(-c4ccc(-c5ccccn5)nc4)nn3)c3c4c(ccc1c24)C(C)C=C3C.[Co]. The molecule has 2 aromatic carbocycles. The molecule has 9 nitrogen and oxygen atoms in total.